The Bertz CT molecular complexity index is 228. The van der Waals surface area contributed by atoms with E-state index in [1.807, 2.05) is 4.90 Å². The summed E-state index contributed by atoms with van der Waals surface area (Å²) in [6.07, 6.45) is 2.15. The van der Waals surface area contributed by atoms with Gasteiger partial charge >= 0.3 is 0 Å². The van der Waals surface area contributed by atoms with Gasteiger partial charge < -0.3 is 4.90 Å². The number of amides is 1. The highest BCUT2D eigenvalue weighted by atomic mass is 16.2. The lowest BCUT2D eigenvalue weighted by molar-refractivity contribution is -0.132. The summed E-state index contributed by atoms with van der Waals surface area (Å²) < 4.78 is 0. The summed E-state index contributed by atoms with van der Waals surface area (Å²) in [4.78, 5) is 14.1. The van der Waals surface area contributed by atoms with Crippen LogP contribution in [-0.4, -0.2) is 29.1 Å². The fourth-order valence-electron chi connectivity index (χ4n) is 2.25. The van der Waals surface area contributed by atoms with Gasteiger partial charge in [0.05, 0.1) is 12.2 Å². The number of nitrogens with one attached hydrogen (secondary N) is 1. The van der Waals surface area contributed by atoms with Crippen molar-refractivity contribution < 1.29 is 4.79 Å². The van der Waals surface area contributed by atoms with Gasteiger partial charge in [0.2, 0.25) is 5.91 Å². The molecule has 3 heteroatoms. The molecular formula is C12H24N2O. The third-order valence-electron chi connectivity index (χ3n) is 3.19. The molecule has 1 fully saturated rings. The molecular weight excluding hydrogens is 188 g/mol. The Labute approximate surface area is 93.2 Å². The molecule has 1 aliphatic rings. The summed E-state index contributed by atoms with van der Waals surface area (Å²) >= 11 is 0. The predicted molar refractivity (Wildman–Crippen MR) is 62.4 cm³/mol. The number of hydrogen-bond donors (Lipinski definition) is 1. The second-order valence-corrected chi connectivity index (χ2v) is 5.03. The van der Waals surface area contributed by atoms with Crippen LogP contribution in [0.3, 0.4) is 0 Å². The lowest BCUT2D eigenvalue weighted by Gasteiger charge is -2.27. The summed E-state index contributed by atoms with van der Waals surface area (Å²) in [5.41, 5.74) is 0. The lowest BCUT2D eigenvalue weighted by atomic mass is 10.0. The average molecular weight is 212 g/mol. The minimum Gasteiger partial charge on any atom is -0.323 e. The van der Waals surface area contributed by atoms with Gasteiger partial charge in [0.15, 0.2) is 0 Å². The van der Waals surface area contributed by atoms with Crippen molar-refractivity contribution in [3.8, 4) is 0 Å². The van der Waals surface area contributed by atoms with Gasteiger partial charge in [-0.1, -0.05) is 20.8 Å². The molecule has 0 bridgehead atoms. The van der Waals surface area contributed by atoms with E-state index in [0.29, 0.717) is 12.0 Å². The number of nitrogens with zero attached hydrogens (tertiary/aromatic N) is 1. The molecule has 1 heterocycles. The first-order valence-electron chi connectivity index (χ1n) is 6.05. The van der Waals surface area contributed by atoms with Gasteiger partial charge in [0.25, 0.3) is 0 Å². The van der Waals surface area contributed by atoms with E-state index in [9.17, 15) is 4.79 Å². The van der Waals surface area contributed by atoms with Crippen LogP contribution >= 0.6 is 0 Å². The Kier molecular flexibility index (Phi) is 4.14. The standard InChI is InChI=1S/C12H24N2O/c1-6-9(4)14-10(5)13-11(12(14)15)7-8(2)3/h8-11,13H,6-7H2,1-5H3. The van der Waals surface area contributed by atoms with Crippen LogP contribution in [-0.2, 0) is 4.79 Å². The van der Waals surface area contributed by atoms with Gasteiger partial charge in [-0.3, -0.25) is 10.1 Å². The van der Waals surface area contributed by atoms with Crippen LogP contribution < -0.4 is 5.32 Å². The number of carbonyl (C=O) groups is 1. The van der Waals surface area contributed by atoms with Gasteiger partial charge in [-0.2, -0.15) is 0 Å². The van der Waals surface area contributed by atoms with Crippen molar-refractivity contribution in [2.75, 3.05) is 0 Å². The molecule has 0 aromatic heterocycles. The van der Waals surface area contributed by atoms with E-state index >= 15 is 0 Å². The molecule has 1 rings (SSSR count). The third kappa shape index (κ3) is 2.71. The second-order valence-electron chi connectivity index (χ2n) is 5.03. The average Bonchev–Trinajstić information content (AvgIpc) is 2.40. The smallest absolute Gasteiger partial charge is 0.241 e. The number of rotatable bonds is 4. The lowest BCUT2D eigenvalue weighted by Crippen LogP contribution is -2.41. The fraction of sp³-hybridized carbons (Fsp3) is 0.917. The minimum atomic E-state index is 0.0361. The van der Waals surface area contributed by atoms with Gasteiger partial charge in [-0.25, -0.2) is 0 Å². The van der Waals surface area contributed by atoms with Crippen molar-refractivity contribution in [2.24, 2.45) is 5.92 Å². The van der Waals surface area contributed by atoms with E-state index in [2.05, 4.69) is 39.9 Å². The highest BCUT2D eigenvalue weighted by Crippen LogP contribution is 2.20. The summed E-state index contributed by atoms with van der Waals surface area (Å²) in [6.45, 7) is 10.6. The molecule has 3 nitrogen and oxygen atoms in total. The first-order chi connectivity index (χ1) is 6.97. The summed E-state index contributed by atoms with van der Waals surface area (Å²) in [5, 5.41) is 3.38. The minimum absolute atomic E-state index is 0.0361. The van der Waals surface area contributed by atoms with Crippen LogP contribution in [0.2, 0.25) is 0 Å². The number of hydrogen-bond acceptors (Lipinski definition) is 2. The molecule has 0 radical (unpaired) electrons. The Morgan fingerprint density at radius 2 is 2.00 bits per heavy atom. The largest absolute Gasteiger partial charge is 0.323 e. The molecule has 0 aromatic carbocycles. The van der Waals surface area contributed by atoms with Crippen LogP contribution in [0, 0.1) is 5.92 Å². The van der Waals surface area contributed by atoms with Crippen LogP contribution in [0.4, 0.5) is 0 Å². The van der Waals surface area contributed by atoms with Crippen LogP contribution in [0.5, 0.6) is 0 Å². The van der Waals surface area contributed by atoms with E-state index in [1.165, 1.54) is 0 Å². The Morgan fingerprint density at radius 1 is 1.40 bits per heavy atom. The van der Waals surface area contributed by atoms with Crippen molar-refractivity contribution in [2.45, 2.75) is 65.7 Å². The zero-order valence-electron chi connectivity index (χ0n) is 10.6. The zero-order valence-corrected chi connectivity index (χ0v) is 10.6. The van der Waals surface area contributed by atoms with Gasteiger partial charge in [-0.05, 0) is 32.6 Å². The van der Waals surface area contributed by atoms with Gasteiger partial charge in [0.1, 0.15) is 0 Å². The molecule has 0 aliphatic carbocycles. The summed E-state index contributed by atoms with van der Waals surface area (Å²) in [7, 11) is 0. The van der Waals surface area contributed by atoms with Crippen molar-refractivity contribution in [3.05, 3.63) is 0 Å². The fourth-order valence-corrected chi connectivity index (χ4v) is 2.25. The first kappa shape index (κ1) is 12.5. The molecule has 3 unspecified atom stereocenters. The molecule has 1 N–H and O–H groups in total. The van der Waals surface area contributed by atoms with Crippen LogP contribution in [0.25, 0.3) is 0 Å². The SMILES string of the molecule is CCC(C)N1C(=O)C(CC(C)C)NC1C. The molecule has 15 heavy (non-hydrogen) atoms. The quantitative estimate of drug-likeness (QED) is 0.773. The molecule has 0 spiro atoms. The monoisotopic (exact) mass is 212 g/mol. The van der Waals surface area contributed by atoms with Crippen molar-refractivity contribution in [1.29, 1.82) is 0 Å². The van der Waals surface area contributed by atoms with Crippen LogP contribution in [0.1, 0.15) is 47.5 Å². The maximum atomic E-state index is 12.1. The summed E-state index contributed by atoms with van der Waals surface area (Å²) in [6, 6.07) is 0.381. The highest BCUT2D eigenvalue weighted by molar-refractivity contribution is 5.84. The van der Waals surface area contributed by atoms with E-state index in [1.54, 1.807) is 0 Å². The zero-order chi connectivity index (χ0) is 11.6. The molecule has 3 atom stereocenters. The van der Waals surface area contributed by atoms with E-state index in [-0.39, 0.29) is 18.1 Å². The summed E-state index contributed by atoms with van der Waals surface area (Å²) in [5.74, 6) is 0.848. The Balaban J connectivity index is 2.66. The molecule has 1 saturated heterocycles. The van der Waals surface area contributed by atoms with Gasteiger partial charge in [0, 0.05) is 6.04 Å². The Morgan fingerprint density at radius 3 is 2.47 bits per heavy atom. The highest BCUT2D eigenvalue weighted by Gasteiger charge is 2.38. The molecule has 1 amide bonds. The van der Waals surface area contributed by atoms with Crippen molar-refractivity contribution in [3.63, 3.8) is 0 Å². The molecule has 0 aromatic rings. The molecule has 0 saturated carbocycles. The number of carbonyl (C=O) groups excluding carboxylic acids is 1. The van der Waals surface area contributed by atoms with E-state index in [0.717, 1.165) is 12.8 Å². The van der Waals surface area contributed by atoms with Crippen LogP contribution in [0.15, 0.2) is 0 Å². The first-order valence-corrected chi connectivity index (χ1v) is 6.05. The molecule has 1 aliphatic heterocycles. The molecule has 88 valence electrons. The second kappa shape index (κ2) is 4.97. The van der Waals surface area contributed by atoms with Crippen molar-refractivity contribution in [1.82, 2.24) is 10.2 Å². The third-order valence-corrected chi connectivity index (χ3v) is 3.19. The predicted octanol–water partition coefficient (Wildman–Crippen LogP) is 1.98. The van der Waals surface area contributed by atoms with Crippen molar-refractivity contribution >= 4 is 5.91 Å². The maximum absolute atomic E-state index is 12.1. The Hall–Kier alpha value is -0.570. The topological polar surface area (TPSA) is 32.3 Å². The van der Waals surface area contributed by atoms with Gasteiger partial charge in [-0.15, -0.1) is 0 Å². The maximum Gasteiger partial charge on any atom is 0.241 e. The normalized spacial score (nSPS) is 28.9. The van der Waals surface area contributed by atoms with E-state index in [4.69, 9.17) is 0 Å². The van der Waals surface area contributed by atoms with E-state index < -0.39 is 0 Å².